The van der Waals surface area contributed by atoms with Gasteiger partial charge in [0.1, 0.15) is 0 Å². The lowest BCUT2D eigenvalue weighted by atomic mass is 10.1. The van der Waals surface area contributed by atoms with Gasteiger partial charge in [-0.1, -0.05) is 30.3 Å². The number of amides is 1. The molecule has 0 unspecified atom stereocenters. The molecule has 1 heterocycles. The van der Waals surface area contributed by atoms with Crippen LogP contribution in [0.2, 0.25) is 0 Å². The molecule has 0 spiro atoms. The summed E-state index contributed by atoms with van der Waals surface area (Å²) in [4.78, 5) is 13.5. The summed E-state index contributed by atoms with van der Waals surface area (Å²) in [6.45, 7) is 3.95. The van der Waals surface area contributed by atoms with Crippen molar-refractivity contribution in [2.45, 2.75) is 6.42 Å². The van der Waals surface area contributed by atoms with Crippen molar-refractivity contribution in [1.82, 2.24) is 10.3 Å². The molecule has 2 rings (SSSR count). The number of nitrogens with one attached hydrogen (secondary N) is 1. The SMILES string of the molecule is COC(=O)N/N=C(/Cc1ccccc1)CN1CCOCC1. The molecule has 1 aromatic rings. The Bertz CT molecular complexity index is 470. The van der Waals surface area contributed by atoms with Crippen LogP contribution in [0.25, 0.3) is 0 Å². The summed E-state index contributed by atoms with van der Waals surface area (Å²) in [6, 6.07) is 10.1. The van der Waals surface area contributed by atoms with Crippen LogP contribution in [0.3, 0.4) is 0 Å². The zero-order chi connectivity index (χ0) is 14.9. The molecule has 114 valence electrons. The summed E-state index contributed by atoms with van der Waals surface area (Å²) in [6.07, 6.45) is 0.143. The first kappa shape index (κ1) is 15.5. The van der Waals surface area contributed by atoms with Gasteiger partial charge >= 0.3 is 6.09 Å². The number of nitrogens with zero attached hydrogens (tertiary/aromatic N) is 2. The molecule has 21 heavy (non-hydrogen) atoms. The van der Waals surface area contributed by atoms with Crippen molar-refractivity contribution in [2.24, 2.45) is 5.10 Å². The average molecular weight is 291 g/mol. The highest BCUT2D eigenvalue weighted by molar-refractivity contribution is 5.89. The van der Waals surface area contributed by atoms with E-state index in [0.29, 0.717) is 13.0 Å². The molecule has 6 nitrogen and oxygen atoms in total. The minimum absolute atomic E-state index is 0.553. The van der Waals surface area contributed by atoms with Gasteiger partial charge in [-0.25, -0.2) is 10.2 Å². The van der Waals surface area contributed by atoms with E-state index in [0.717, 1.165) is 37.6 Å². The molecule has 1 saturated heterocycles. The largest absolute Gasteiger partial charge is 0.452 e. The number of hydrogen-bond donors (Lipinski definition) is 1. The molecule has 0 bridgehead atoms. The van der Waals surface area contributed by atoms with Gasteiger partial charge in [0.05, 0.1) is 26.0 Å². The number of carbonyl (C=O) groups is 1. The molecule has 1 aliphatic rings. The van der Waals surface area contributed by atoms with Crippen molar-refractivity contribution in [1.29, 1.82) is 0 Å². The van der Waals surface area contributed by atoms with Crippen LogP contribution in [0.4, 0.5) is 4.79 Å². The highest BCUT2D eigenvalue weighted by Gasteiger charge is 2.14. The molecule has 0 saturated carbocycles. The van der Waals surface area contributed by atoms with Crippen molar-refractivity contribution < 1.29 is 14.3 Å². The second kappa shape index (κ2) is 8.39. The lowest BCUT2D eigenvalue weighted by molar-refractivity contribution is 0.0451. The monoisotopic (exact) mass is 291 g/mol. The molecule has 1 fully saturated rings. The molecule has 0 radical (unpaired) electrons. The second-order valence-corrected chi connectivity index (χ2v) is 4.83. The second-order valence-electron chi connectivity index (χ2n) is 4.83. The standard InChI is InChI=1S/C15H21N3O3/c1-20-15(19)17-16-14(11-13-5-3-2-4-6-13)12-18-7-9-21-10-8-18/h2-6H,7-12H2,1H3,(H,17,19)/b16-14-. The van der Waals surface area contributed by atoms with Crippen LogP contribution < -0.4 is 5.43 Å². The van der Waals surface area contributed by atoms with Gasteiger partial charge in [0.2, 0.25) is 0 Å². The third-order valence-electron chi connectivity index (χ3n) is 3.25. The quantitative estimate of drug-likeness (QED) is 0.655. The third kappa shape index (κ3) is 5.53. The molecule has 1 aromatic carbocycles. The van der Waals surface area contributed by atoms with Gasteiger partial charge in [0.15, 0.2) is 0 Å². The highest BCUT2D eigenvalue weighted by atomic mass is 16.5. The lowest BCUT2D eigenvalue weighted by Gasteiger charge is -2.27. The summed E-state index contributed by atoms with van der Waals surface area (Å²) < 4.78 is 9.89. The fourth-order valence-electron chi connectivity index (χ4n) is 2.15. The summed E-state index contributed by atoms with van der Waals surface area (Å²) in [7, 11) is 1.32. The van der Waals surface area contributed by atoms with Crippen LogP contribution in [0, 0.1) is 0 Å². The minimum atomic E-state index is -0.553. The van der Waals surface area contributed by atoms with Crippen LogP contribution in [-0.4, -0.2) is 56.7 Å². The zero-order valence-corrected chi connectivity index (χ0v) is 12.2. The molecular formula is C15H21N3O3. The predicted molar refractivity (Wildman–Crippen MR) is 80.4 cm³/mol. The van der Waals surface area contributed by atoms with Crippen molar-refractivity contribution in [3.05, 3.63) is 35.9 Å². The van der Waals surface area contributed by atoms with Gasteiger partial charge in [0, 0.05) is 26.1 Å². The van der Waals surface area contributed by atoms with Gasteiger partial charge in [-0.15, -0.1) is 0 Å². The van der Waals surface area contributed by atoms with Crippen LogP contribution >= 0.6 is 0 Å². The van der Waals surface area contributed by atoms with E-state index in [1.54, 1.807) is 0 Å². The van der Waals surface area contributed by atoms with Gasteiger partial charge in [-0.3, -0.25) is 4.90 Å². The van der Waals surface area contributed by atoms with E-state index in [1.807, 2.05) is 30.3 Å². The Hall–Kier alpha value is -1.92. The topological polar surface area (TPSA) is 63.2 Å². The number of methoxy groups -OCH3 is 1. The van der Waals surface area contributed by atoms with Gasteiger partial charge in [0.25, 0.3) is 0 Å². The van der Waals surface area contributed by atoms with Gasteiger partial charge in [-0.05, 0) is 5.56 Å². The predicted octanol–water partition coefficient (Wildman–Crippen LogP) is 1.27. The number of rotatable bonds is 5. The van der Waals surface area contributed by atoms with E-state index >= 15 is 0 Å². The molecule has 0 aliphatic carbocycles. The average Bonchev–Trinajstić information content (AvgIpc) is 2.54. The molecule has 6 heteroatoms. The Labute approximate surface area is 124 Å². The fraction of sp³-hybridized carbons (Fsp3) is 0.467. The normalized spacial score (nSPS) is 16.5. The molecule has 0 aromatic heterocycles. The minimum Gasteiger partial charge on any atom is -0.452 e. The third-order valence-corrected chi connectivity index (χ3v) is 3.25. The van der Waals surface area contributed by atoms with E-state index in [1.165, 1.54) is 7.11 Å². The van der Waals surface area contributed by atoms with Crippen LogP contribution in [0.15, 0.2) is 35.4 Å². The smallest absolute Gasteiger partial charge is 0.427 e. The maximum absolute atomic E-state index is 11.2. The van der Waals surface area contributed by atoms with E-state index in [-0.39, 0.29) is 0 Å². The maximum Gasteiger partial charge on any atom is 0.427 e. The van der Waals surface area contributed by atoms with Crippen molar-refractivity contribution in [2.75, 3.05) is 40.0 Å². The Morgan fingerprint density at radius 1 is 1.33 bits per heavy atom. The first-order chi connectivity index (χ1) is 10.3. The molecule has 1 aliphatic heterocycles. The Morgan fingerprint density at radius 3 is 2.71 bits per heavy atom. The maximum atomic E-state index is 11.2. The Kier molecular flexibility index (Phi) is 6.18. The van der Waals surface area contributed by atoms with Crippen LogP contribution in [-0.2, 0) is 15.9 Å². The Balaban J connectivity index is 2.00. The van der Waals surface area contributed by atoms with Crippen molar-refractivity contribution in [3.8, 4) is 0 Å². The fourth-order valence-corrected chi connectivity index (χ4v) is 2.15. The number of hydrazone groups is 1. The van der Waals surface area contributed by atoms with Gasteiger partial charge in [-0.2, -0.15) is 5.10 Å². The lowest BCUT2D eigenvalue weighted by Crippen LogP contribution is -2.40. The first-order valence-electron chi connectivity index (χ1n) is 7.01. The number of carbonyl (C=O) groups excluding carboxylic acids is 1. The van der Waals surface area contributed by atoms with Crippen LogP contribution in [0.1, 0.15) is 5.56 Å². The molecule has 0 atom stereocenters. The van der Waals surface area contributed by atoms with Crippen molar-refractivity contribution >= 4 is 11.8 Å². The number of benzene rings is 1. The summed E-state index contributed by atoms with van der Waals surface area (Å²) in [5, 5.41) is 4.19. The number of hydrogen-bond acceptors (Lipinski definition) is 5. The summed E-state index contributed by atoms with van der Waals surface area (Å²) >= 11 is 0. The summed E-state index contributed by atoms with van der Waals surface area (Å²) in [5.41, 5.74) is 4.47. The zero-order valence-electron chi connectivity index (χ0n) is 12.2. The molecule has 1 amide bonds. The molecular weight excluding hydrogens is 270 g/mol. The van der Waals surface area contributed by atoms with E-state index in [9.17, 15) is 4.79 Å². The van der Waals surface area contributed by atoms with Gasteiger partial charge < -0.3 is 9.47 Å². The van der Waals surface area contributed by atoms with E-state index in [4.69, 9.17) is 4.74 Å². The first-order valence-corrected chi connectivity index (χ1v) is 7.01. The van der Waals surface area contributed by atoms with E-state index < -0.39 is 6.09 Å². The summed E-state index contributed by atoms with van der Waals surface area (Å²) in [5.74, 6) is 0. The van der Waals surface area contributed by atoms with Crippen molar-refractivity contribution in [3.63, 3.8) is 0 Å². The Morgan fingerprint density at radius 2 is 2.05 bits per heavy atom. The van der Waals surface area contributed by atoms with E-state index in [2.05, 4.69) is 20.2 Å². The number of morpholine rings is 1. The highest BCUT2D eigenvalue weighted by Crippen LogP contribution is 2.04. The molecule has 1 N–H and O–H groups in total. The van der Waals surface area contributed by atoms with Crippen LogP contribution in [0.5, 0.6) is 0 Å². The number of ether oxygens (including phenoxy) is 2.